The lowest BCUT2D eigenvalue weighted by atomic mass is 9.93. The molecule has 0 aliphatic carbocycles. The summed E-state index contributed by atoms with van der Waals surface area (Å²) < 4.78 is 16.5. The Morgan fingerprint density at radius 2 is 1.69 bits per heavy atom. The van der Waals surface area contributed by atoms with Crippen molar-refractivity contribution in [3.63, 3.8) is 0 Å². The van der Waals surface area contributed by atoms with Gasteiger partial charge in [0, 0.05) is 44.7 Å². The SMILES string of the molecule is O=C1O[C@@H](c2ccccc2)Cc2cc(C(=O)N3CCN(Cc4ccc5c(c4)OCO5)CC3)ccc21. The van der Waals surface area contributed by atoms with Gasteiger partial charge >= 0.3 is 5.97 Å². The molecular weight excluding hydrogens is 444 g/mol. The van der Waals surface area contributed by atoms with Crippen molar-refractivity contribution >= 4 is 11.9 Å². The Bertz CT molecular complexity index is 1270. The topological polar surface area (TPSA) is 68.3 Å². The molecule has 0 N–H and O–H groups in total. The van der Waals surface area contributed by atoms with Crippen molar-refractivity contribution in [3.8, 4) is 11.5 Å². The van der Waals surface area contributed by atoms with E-state index in [0.717, 1.165) is 42.3 Å². The summed E-state index contributed by atoms with van der Waals surface area (Å²) in [4.78, 5) is 30.1. The summed E-state index contributed by atoms with van der Waals surface area (Å²) in [7, 11) is 0. The van der Waals surface area contributed by atoms with Crippen LogP contribution < -0.4 is 9.47 Å². The van der Waals surface area contributed by atoms with Gasteiger partial charge in [-0.25, -0.2) is 4.79 Å². The van der Waals surface area contributed by atoms with Gasteiger partial charge in [0.25, 0.3) is 5.91 Å². The fraction of sp³-hybridized carbons (Fsp3) is 0.286. The number of hydrogen-bond acceptors (Lipinski definition) is 6. The summed E-state index contributed by atoms with van der Waals surface area (Å²) in [6.07, 6.45) is 0.233. The molecule has 3 aromatic carbocycles. The number of cyclic esters (lactones) is 1. The Labute approximate surface area is 203 Å². The van der Waals surface area contributed by atoms with E-state index < -0.39 is 0 Å². The van der Waals surface area contributed by atoms with E-state index in [1.165, 1.54) is 5.56 Å². The Morgan fingerprint density at radius 3 is 2.51 bits per heavy atom. The third-order valence-corrected chi connectivity index (χ3v) is 6.90. The number of nitrogens with zero attached hydrogens (tertiary/aromatic N) is 2. The number of carbonyl (C=O) groups excluding carboxylic acids is 2. The first kappa shape index (κ1) is 21.7. The van der Waals surface area contributed by atoms with Crippen LogP contribution in [0.1, 0.15) is 43.5 Å². The Balaban J connectivity index is 1.10. The van der Waals surface area contributed by atoms with Crippen LogP contribution in [0, 0.1) is 0 Å². The van der Waals surface area contributed by atoms with Crippen LogP contribution >= 0.6 is 0 Å². The van der Waals surface area contributed by atoms with Gasteiger partial charge in [-0.15, -0.1) is 0 Å². The first-order chi connectivity index (χ1) is 17.1. The van der Waals surface area contributed by atoms with Crippen molar-refractivity contribution < 1.29 is 23.8 Å². The summed E-state index contributed by atoms with van der Waals surface area (Å²) in [5, 5.41) is 0. The zero-order valence-electron chi connectivity index (χ0n) is 19.3. The number of hydrogen-bond donors (Lipinski definition) is 0. The van der Waals surface area contributed by atoms with Crippen LogP contribution in [0.25, 0.3) is 0 Å². The summed E-state index contributed by atoms with van der Waals surface area (Å²) in [5.74, 6) is 1.25. The molecule has 0 saturated carbocycles. The van der Waals surface area contributed by atoms with Gasteiger partial charge in [0.2, 0.25) is 6.79 Å². The molecular formula is C28H26N2O5. The maximum absolute atomic E-state index is 13.3. The van der Waals surface area contributed by atoms with E-state index in [1.54, 1.807) is 12.1 Å². The number of carbonyl (C=O) groups is 2. The molecule has 7 heteroatoms. The molecule has 0 spiro atoms. The van der Waals surface area contributed by atoms with E-state index in [0.29, 0.717) is 30.6 Å². The van der Waals surface area contributed by atoms with Crippen LogP contribution in [0.3, 0.4) is 0 Å². The van der Waals surface area contributed by atoms with Crippen molar-refractivity contribution in [1.82, 2.24) is 9.80 Å². The molecule has 0 bridgehead atoms. The van der Waals surface area contributed by atoms with E-state index in [1.807, 2.05) is 53.4 Å². The van der Waals surface area contributed by atoms with Gasteiger partial charge in [0.15, 0.2) is 11.5 Å². The van der Waals surface area contributed by atoms with Crippen LogP contribution in [0.2, 0.25) is 0 Å². The molecule has 35 heavy (non-hydrogen) atoms. The predicted octanol–water partition coefficient (Wildman–Crippen LogP) is 3.83. The average molecular weight is 471 g/mol. The highest BCUT2D eigenvalue weighted by Gasteiger charge is 2.29. The number of rotatable bonds is 4. The zero-order valence-corrected chi connectivity index (χ0v) is 19.3. The van der Waals surface area contributed by atoms with Crippen LogP contribution in [0.15, 0.2) is 66.7 Å². The average Bonchev–Trinajstić information content (AvgIpc) is 3.37. The molecule has 1 atom stereocenters. The van der Waals surface area contributed by atoms with E-state index in [-0.39, 0.29) is 24.8 Å². The third kappa shape index (κ3) is 4.35. The second-order valence-corrected chi connectivity index (χ2v) is 9.14. The molecule has 0 unspecified atom stereocenters. The molecule has 1 saturated heterocycles. The first-order valence-electron chi connectivity index (χ1n) is 11.9. The maximum atomic E-state index is 13.3. The van der Waals surface area contributed by atoms with Gasteiger partial charge in [-0.1, -0.05) is 36.4 Å². The number of amides is 1. The van der Waals surface area contributed by atoms with Gasteiger partial charge in [-0.2, -0.15) is 0 Å². The fourth-order valence-corrected chi connectivity index (χ4v) is 4.97. The maximum Gasteiger partial charge on any atom is 0.339 e. The number of ether oxygens (including phenoxy) is 3. The monoisotopic (exact) mass is 470 g/mol. The largest absolute Gasteiger partial charge is 0.454 e. The summed E-state index contributed by atoms with van der Waals surface area (Å²) in [6.45, 7) is 4.00. The van der Waals surface area contributed by atoms with Crippen molar-refractivity contribution in [3.05, 3.63) is 94.5 Å². The van der Waals surface area contributed by atoms with Crippen LogP contribution in [-0.2, 0) is 17.7 Å². The highest BCUT2D eigenvalue weighted by Crippen LogP contribution is 2.33. The molecule has 6 rings (SSSR count). The highest BCUT2D eigenvalue weighted by atomic mass is 16.7. The molecule has 1 fully saturated rings. The van der Waals surface area contributed by atoms with Crippen LogP contribution in [0.5, 0.6) is 11.5 Å². The van der Waals surface area contributed by atoms with Gasteiger partial charge < -0.3 is 19.1 Å². The molecule has 0 radical (unpaired) electrons. The molecule has 3 heterocycles. The molecule has 7 nitrogen and oxygen atoms in total. The Kier molecular flexibility index (Phi) is 5.62. The van der Waals surface area contributed by atoms with Crippen LogP contribution in [0.4, 0.5) is 0 Å². The summed E-state index contributed by atoms with van der Waals surface area (Å²) >= 11 is 0. The first-order valence-corrected chi connectivity index (χ1v) is 11.9. The fourth-order valence-electron chi connectivity index (χ4n) is 4.97. The lowest BCUT2D eigenvalue weighted by Crippen LogP contribution is -2.48. The molecule has 3 aliphatic rings. The zero-order chi connectivity index (χ0) is 23.8. The van der Waals surface area contributed by atoms with E-state index >= 15 is 0 Å². The lowest BCUT2D eigenvalue weighted by Gasteiger charge is -2.35. The minimum Gasteiger partial charge on any atom is -0.454 e. The Morgan fingerprint density at radius 1 is 0.886 bits per heavy atom. The third-order valence-electron chi connectivity index (χ3n) is 6.90. The second-order valence-electron chi connectivity index (χ2n) is 9.14. The quantitative estimate of drug-likeness (QED) is 0.540. The summed E-state index contributed by atoms with van der Waals surface area (Å²) in [6, 6.07) is 21.1. The van der Waals surface area contributed by atoms with Gasteiger partial charge in [-0.05, 0) is 47.0 Å². The van der Waals surface area contributed by atoms with Crippen molar-refractivity contribution in [2.24, 2.45) is 0 Å². The van der Waals surface area contributed by atoms with Crippen LogP contribution in [-0.4, -0.2) is 54.6 Å². The number of benzene rings is 3. The van der Waals surface area contributed by atoms with Crippen molar-refractivity contribution in [2.75, 3.05) is 33.0 Å². The normalized spacial score (nSPS) is 19.3. The highest BCUT2D eigenvalue weighted by molar-refractivity contribution is 5.98. The van der Waals surface area contributed by atoms with E-state index in [2.05, 4.69) is 11.0 Å². The van der Waals surface area contributed by atoms with Gasteiger partial charge in [0.1, 0.15) is 6.10 Å². The molecule has 3 aromatic rings. The van der Waals surface area contributed by atoms with Crippen molar-refractivity contribution in [2.45, 2.75) is 19.1 Å². The van der Waals surface area contributed by atoms with Gasteiger partial charge in [-0.3, -0.25) is 9.69 Å². The molecule has 1 amide bonds. The van der Waals surface area contributed by atoms with E-state index in [9.17, 15) is 9.59 Å². The lowest BCUT2D eigenvalue weighted by molar-refractivity contribution is 0.0252. The van der Waals surface area contributed by atoms with E-state index in [4.69, 9.17) is 14.2 Å². The minimum atomic E-state index is -0.337. The smallest absolute Gasteiger partial charge is 0.339 e. The molecule has 3 aliphatic heterocycles. The Hall–Kier alpha value is -3.84. The number of esters is 1. The van der Waals surface area contributed by atoms with Crippen molar-refractivity contribution in [1.29, 1.82) is 0 Å². The summed E-state index contributed by atoms with van der Waals surface area (Å²) in [5.41, 5.74) is 4.16. The second kappa shape index (κ2) is 9.07. The standard InChI is InChI=1S/C28H26N2O5/c31-27(30-12-10-29(11-13-30)17-19-6-9-24-26(14-19)34-18-33-24)21-7-8-23-22(15-21)16-25(35-28(23)32)20-4-2-1-3-5-20/h1-9,14-15,25H,10-13,16-18H2/t25-/m1/s1. The molecule has 178 valence electrons. The number of fused-ring (bicyclic) bond motifs is 2. The number of piperazine rings is 1. The molecule has 0 aromatic heterocycles. The van der Waals surface area contributed by atoms with Gasteiger partial charge in [0.05, 0.1) is 5.56 Å². The minimum absolute atomic E-state index is 0.00531. The predicted molar refractivity (Wildman–Crippen MR) is 128 cm³/mol.